The Morgan fingerprint density at radius 3 is 2.08 bits per heavy atom. The molecule has 0 heterocycles. The Balaban J connectivity index is 3.44. The molecule has 0 aliphatic heterocycles. The van der Waals surface area contributed by atoms with E-state index in [4.69, 9.17) is 0 Å². The predicted octanol–water partition coefficient (Wildman–Crippen LogP) is 0.0293. The molecule has 0 amide bonds. The van der Waals surface area contributed by atoms with Crippen LogP contribution in [-0.2, 0) is 23.9 Å². The zero-order valence-corrected chi connectivity index (χ0v) is 6.96. The van der Waals surface area contributed by atoms with E-state index in [1.54, 1.807) is 0 Å². The smallest absolute Gasteiger partial charge is 0.316 e. The van der Waals surface area contributed by atoms with Crippen molar-refractivity contribution in [2.45, 2.75) is 20.3 Å². The fourth-order valence-electron chi connectivity index (χ4n) is 0.489. The Bertz CT molecular complexity index is 196. The summed E-state index contributed by atoms with van der Waals surface area (Å²) in [5, 5.41) is 0. The van der Waals surface area contributed by atoms with Gasteiger partial charge in [-0.1, -0.05) is 0 Å². The largest absolute Gasteiger partial charge is 0.465 e. The van der Waals surface area contributed by atoms with Crippen LogP contribution in [0.3, 0.4) is 0 Å². The fraction of sp³-hybridized carbons (Fsp3) is 0.571. The molecule has 0 aromatic heterocycles. The van der Waals surface area contributed by atoms with Gasteiger partial charge in [0.05, 0.1) is 6.42 Å². The van der Waals surface area contributed by atoms with Crippen molar-refractivity contribution in [3.8, 4) is 0 Å². The second kappa shape index (κ2) is 5.29. The van der Waals surface area contributed by atoms with Crippen LogP contribution < -0.4 is 0 Å². The van der Waals surface area contributed by atoms with Gasteiger partial charge in [-0.2, -0.15) is 0 Å². The molecule has 12 heavy (non-hydrogen) atoms. The monoisotopic (exact) mass is 174 g/mol. The molecule has 68 valence electrons. The summed E-state index contributed by atoms with van der Waals surface area (Å²) in [5.74, 6) is -1.82. The van der Waals surface area contributed by atoms with Crippen LogP contribution in [0.15, 0.2) is 0 Å². The molecule has 0 fully saturated rings. The second-order valence-corrected chi connectivity index (χ2v) is 2.06. The first-order valence-corrected chi connectivity index (χ1v) is 3.37. The molecule has 0 aliphatic rings. The van der Waals surface area contributed by atoms with Gasteiger partial charge in [-0.3, -0.25) is 14.4 Å². The lowest BCUT2D eigenvalue weighted by molar-refractivity contribution is -0.159. The normalized spacial score (nSPS) is 8.83. The van der Waals surface area contributed by atoms with Crippen LogP contribution in [0.1, 0.15) is 20.3 Å². The minimum absolute atomic E-state index is 0.0541. The molecule has 0 unspecified atom stereocenters. The standard InChI is InChI=1S/C7H10O5/c1-5(8)11-4-3-7(10)12-6(2)9/h3-4H2,1-2H3. The zero-order chi connectivity index (χ0) is 9.56. The van der Waals surface area contributed by atoms with E-state index in [0.29, 0.717) is 0 Å². The van der Waals surface area contributed by atoms with E-state index in [0.717, 1.165) is 6.92 Å². The van der Waals surface area contributed by atoms with E-state index < -0.39 is 17.9 Å². The summed E-state index contributed by atoms with van der Waals surface area (Å²) < 4.78 is 8.61. The Labute approximate surface area is 69.6 Å². The van der Waals surface area contributed by atoms with E-state index in [9.17, 15) is 14.4 Å². The van der Waals surface area contributed by atoms with Gasteiger partial charge in [0.15, 0.2) is 0 Å². The van der Waals surface area contributed by atoms with Crippen molar-refractivity contribution in [2.24, 2.45) is 0 Å². The molecule has 0 radical (unpaired) electrons. The maximum Gasteiger partial charge on any atom is 0.316 e. The van der Waals surface area contributed by atoms with Gasteiger partial charge in [-0.25, -0.2) is 0 Å². The van der Waals surface area contributed by atoms with Crippen LogP contribution in [-0.4, -0.2) is 24.5 Å². The summed E-state index contributed by atoms with van der Waals surface area (Å²) in [6.45, 7) is 2.31. The number of hydrogen-bond donors (Lipinski definition) is 0. The topological polar surface area (TPSA) is 69.7 Å². The van der Waals surface area contributed by atoms with Crippen molar-refractivity contribution >= 4 is 17.9 Å². The van der Waals surface area contributed by atoms with Crippen LogP contribution in [0.4, 0.5) is 0 Å². The summed E-state index contributed by atoms with van der Waals surface area (Å²) in [6, 6.07) is 0. The molecular formula is C7H10O5. The lowest BCUT2D eigenvalue weighted by atomic mass is 10.5. The molecule has 0 saturated carbocycles. The Morgan fingerprint density at radius 1 is 1.08 bits per heavy atom. The molecule has 0 saturated heterocycles. The fourth-order valence-corrected chi connectivity index (χ4v) is 0.489. The van der Waals surface area contributed by atoms with Crippen molar-refractivity contribution in [3.05, 3.63) is 0 Å². The van der Waals surface area contributed by atoms with Crippen LogP contribution in [0, 0.1) is 0 Å². The highest BCUT2D eigenvalue weighted by Gasteiger charge is 2.06. The molecule has 0 aromatic carbocycles. The van der Waals surface area contributed by atoms with E-state index in [1.807, 2.05) is 0 Å². The number of esters is 3. The summed E-state index contributed by atoms with van der Waals surface area (Å²) in [4.78, 5) is 31.0. The lowest BCUT2D eigenvalue weighted by Crippen LogP contribution is -2.12. The molecule has 0 bridgehead atoms. The number of rotatable bonds is 3. The van der Waals surface area contributed by atoms with E-state index >= 15 is 0 Å². The van der Waals surface area contributed by atoms with Crippen molar-refractivity contribution in [1.82, 2.24) is 0 Å². The molecule has 5 nitrogen and oxygen atoms in total. The van der Waals surface area contributed by atoms with Gasteiger partial charge in [0.25, 0.3) is 0 Å². The average molecular weight is 174 g/mol. The van der Waals surface area contributed by atoms with Crippen LogP contribution >= 0.6 is 0 Å². The molecule has 0 spiro atoms. The first-order chi connectivity index (χ1) is 5.52. The minimum Gasteiger partial charge on any atom is -0.465 e. The van der Waals surface area contributed by atoms with E-state index in [-0.39, 0.29) is 13.0 Å². The summed E-state index contributed by atoms with van der Waals surface area (Å²) in [6.07, 6.45) is -0.0981. The van der Waals surface area contributed by atoms with Gasteiger partial charge in [0.1, 0.15) is 6.61 Å². The second-order valence-electron chi connectivity index (χ2n) is 2.06. The van der Waals surface area contributed by atoms with Gasteiger partial charge in [0, 0.05) is 13.8 Å². The van der Waals surface area contributed by atoms with Crippen molar-refractivity contribution in [1.29, 1.82) is 0 Å². The summed E-state index contributed by atoms with van der Waals surface area (Å²) >= 11 is 0. The van der Waals surface area contributed by atoms with Gasteiger partial charge >= 0.3 is 17.9 Å². The highest BCUT2D eigenvalue weighted by molar-refractivity contribution is 5.84. The highest BCUT2D eigenvalue weighted by Crippen LogP contribution is 1.88. The third-order valence-electron chi connectivity index (χ3n) is 0.869. The van der Waals surface area contributed by atoms with Crippen LogP contribution in [0.25, 0.3) is 0 Å². The number of carbonyl (C=O) groups is 3. The van der Waals surface area contributed by atoms with E-state index in [1.165, 1.54) is 6.92 Å². The Morgan fingerprint density at radius 2 is 1.67 bits per heavy atom. The number of hydrogen-bond acceptors (Lipinski definition) is 5. The van der Waals surface area contributed by atoms with Crippen molar-refractivity contribution < 1.29 is 23.9 Å². The Kier molecular flexibility index (Phi) is 4.67. The predicted molar refractivity (Wildman–Crippen MR) is 38.0 cm³/mol. The van der Waals surface area contributed by atoms with Crippen LogP contribution in [0.5, 0.6) is 0 Å². The number of ether oxygens (including phenoxy) is 2. The van der Waals surface area contributed by atoms with Gasteiger partial charge in [0.2, 0.25) is 0 Å². The van der Waals surface area contributed by atoms with Gasteiger partial charge in [-0.15, -0.1) is 0 Å². The quantitative estimate of drug-likeness (QED) is 0.446. The third kappa shape index (κ3) is 6.73. The summed E-state index contributed by atoms with van der Waals surface area (Å²) in [7, 11) is 0. The maximum atomic E-state index is 10.6. The third-order valence-corrected chi connectivity index (χ3v) is 0.869. The molecule has 0 aromatic rings. The van der Waals surface area contributed by atoms with Crippen molar-refractivity contribution in [3.63, 3.8) is 0 Å². The Hall–Kier alpha value is -1.39. The number of carbonyl (C=O) groups excluding carboxylic acids is 3. The lowest BCUT2D eigenvalue weighted by Gasteiger charge is -2.00. The molecule has 5 heteroatoms. The van der Waals surface area contributed by atoms with Crippen LogP contribution in [0.2, 0.25) is 0 Å². The first kappa shape index (κ1) is 10.6. The molecular weight excluding hydrogens is 164 g/mol. The summed E-state index contributed by atoms with van der Waals surface area (Å²) in [5.41, 5.74) is 0. The first-order valence-electron chi connectivity index (χ1n) is 3.37. The molecule has 0 atom stereocenters. The van der Waals surface area contributed by atoms with Gasteiger partial charge in [-0.05, 0) is 0 Å². The molecule has 0 aliphatic carbocycles. The highest BCUT2D eigenvalue weighted by atomic mass is 16.6. The van der Waals surface area contributed by atoms with Gasteiger partial charge < -0.3 is 9.47 Å². The minimum atomic E-state index is -0.691. The van der Waals surface area contributed by atoms with E-state index in [2.05, 4.69) is 9.47 Å². The average Bonchev–Trinajstić information content (AvgIpc) is 1.84. The molecule has 0 N–H and O–H groups in total. The SMILES string of the molecule is CC(=O)OCCC(=O)OC(C)=O. The zero-order valence-electron chi connectivity index (χ0n) is 6.96. The molecule has 0 rings (SSSR count). The van der Waals surface area contributed by atoms with Crippen molar-refractivity contribution in [2.75, 3.05) is 6.61 Å². The maximum absolute atomic E-state index is 10.6.